The Labute approximate surface area is 110 Å². The number of aliphatic carboxylic acids is 1. The Morgan fingerprint density at radius 1 is 1.47 bits per heavy atom. The van der Waals surface area contributed by atoms with Gasteiger partial charge in [-0.05, 0) is 11.6 Å². The molecule has 0 saturated carbocycles. The highest BCUT2D eigenvalue weighted by atomic mass is 16.6. The van der Waals surface area contributed by atoms with Crippen molar-refractivity contribution < 1.29 is 19.4 Å². The van der Waals surface area contributed by atoms with E-state index in [-0.39, 0.29) is 6.10 Å². The molecule has 2 aliphatic rings. The van der Waals surface area contributed by atoms with E-state index in [0.29, 0.717) is 19.6 Å². The molecule has 0 spiro atoms. The Balaban J connectivity index is 1.80. The van der Waals surface area contributed by atoms with Gasteiger partial charge in [-0.3, -0.25) is 4.79 Å². The number of nitrogens with zero attached hydrogens (tertiary/aromatic N) is 1. The highest BCUT2D eigenvalue weighted by Crippen LogP contribution is 2.36. The third-order valence-electron chi connectivity index (χ3n) is 3.53. The number of carbonyl (C=O) groups excluding carboxylic acids is 1. The molecule has 2 atom stereocenters. The average molecular weight is 262 g/mol. The summed E-state index contributed by atoms with van der Waals surface area (Å²) in [4.78, 5) is 24.2. The number of nitrogens with one attached hydrogen (secondary N) is 1. The topological polar surface area (TPSA) is 78.9 Å². The van der Waals surface area contributed by atoms with E-state index in [1.54, 1.807) is 0 Å². The minimum absolute atomic E-state index is 0.229. The zero-order valence-corrected chi connectivity index (χ0v) is 10.2. The number of carbonyl (C=O) groups is 2. The monoisotopic (exact) mass is 262 g/mol. The molecular formula is C13H14N2O4. The van der Waals surface area contributed by atoms with Crippen LogP contribution in [0, 0.1) is 0 Å². The first-order valence-corrected chi connectivity index (χ1v) is 6.16. The van der Waals surface area contributed by atoms with Crippen molar-refractivity contribution in [3.8, 4) is 0 Å². The molecule has 1 amide bonds. The number of ether oxygens (including phenoxy) is 1. The number of cyclic esters (lactones) is 1. The smallest absolute Gasteiger partial charge is 0.407 e. The summed E-state index contributed by atoms with van der Waals surface area (Å²) >= 11 is 0. The van der Waals surface area contributed by atoms with Gasteiger partial charge in [0.05, 0.1) is 13.1 Å². The Kier molecular flexibility index (Phi) is 2.77. The molecule has 3 rings (SSSR count). The molecule has 2 N–H and O–H groups in total. The van der Waals surface area contributed by atoms with E-state index in [1.807, 2.05) is 29.2 Å². The van der Waals surface area contributed by atoms with Crippen LogP contribution in [0.4, 0.5) is 10.5 Å². The van der Waals surface area contributed by atoms with E-state index in [9.17, 15) is 14.7 Å². The van der Waals surface area contributed by atoms with Gasteiger partial charge in [0.25, 0.3) is 0 Å². The van der Waals surface area contributed by atoms with Gasteiger partial charge in [0.2, 0.25) is 0 Å². The molecule has 100 valence electrons. The van der Waals surface area contributed by atoms with Crippen molar-refractivity contribution in [3.63, 3.8) is 0 Å². The van der Waals surface area contributed by atoms with Crippen molar-refractivity contribution in [2.75, 3.05) is 24.5 Å². The largest absolute Gasteiger partial charge is 0.481 e. The van der Waals surface area contributed by atoms with Crippen molar-refractivity contribution in [1.82, 2.24) is 5.32 Å². The maximum Gasteiger partial charge on any atom is 0.407 e. The maximum absolute atomic E-state index is 11.3. The number of carboxylic acids is 1. The molecule has 0 aromatic heterocycles. The summed E-state index contributed by atoms with van der Waals surface area (Å²) in [7, 11) is 0. The number of anilines is 1. The molecule has 2 aliphatic heterocycles. The molecule has 19 heavy (non-hydrogen) atoms. The number of amides is 1. The van der Waals surface area contributed by atoms with Gasteiger partial charge in [-0.15, -0.1) is 0 Å². The van der Waals surface area contributed by atoms with Crippen molar-refractivity contribution in [1.29, 1.82) is 0 Å². The van der Waals surface area contributed by atoms with Crippen LogP contribution in [0.3, 0.4) is 0 Å². The van der Waals surface area contributed by atoms with E-state index in [2.05, 4.69) is 5.32 Å². The average Bonchev–Trinajstić information content (AvgIpc) is 2.95. The Morgan fingerprint density at radius 3 is 2.95 bits per heavy atom. The number of fused-ring (bicyclic) bond motifs is 1. The van der Waals surface area contributed by atoms with Crippen molar-refractivity contribution in [3.05, 3.63) is 29.8 Å². The standard InChI is InChI=1S/C13H14N2O4/c16-12(17)10-7-15(6-8-5-14-13(18)19-8)11-4-2-1-3-9(10)11/h1-4,8,10H,5-7H2,(H,14,18)(H,16,17). The van der Waals surface area contributed by atoms with Gasteiger partial charge in [0.1, 0.15) is 12.0 Å². The molecule has 0 bridgehead atoms. The van der Waals surface area contributed by atoms with Crippen LogP contribution in [0.2, 0.25) is 0 Å². The van der Waals surface area contributed by atoms with Crippen molar-refractivity contribution in [2.24, 2.45) is 0 Å². The second-order valence-electron chi connectivity index (χ2n) is 4.76. The van der Waals surface area contributed by atoms with Crippen LogP contribution in [0.25, 0.3) is 0 Å². The van der Waals surface area contributed by atoms with E-state index >= 15 is 0 Å². The van der Waals surface area contributed by atoms with Gasteiger partial charge in [-0.25, -0.2) is 4.79 Å². The van der Waals surface area contributed by atoms with Crippen LogP contribution >= 0.6 is 0 Å². The minimum Gasteiger partial charge on any atom is -0.481 e. The highest BCUT2D eigenvalue weighted by molar-refractivity contribution is 5.83. The van der Waals surface area contributed by atoms with Crippen LogP contribution < -0.4 is 10.2 Å². The third kappa shape index (κ3) is 2.09. The number of hydrogen-bond acceptors (Lipinski definition) is 4. The van der Waals surface area contributed by atoms with Gasteiger partial charge < -0.3 is 20.1 Å². The van der Waals surface area contributed by atoms with E-state index < -0.39 is 18.0 Å². The van der Waals surface area contributed by atoms with Crippen molar-refractivity contribution >= 4 is 17.7 Å². The Morgan fingerprint density at radius 2 is 2.26 bits per heavy atom. The fourth-order valence-corrected chi connectivity index (χ4v) is 2.65. The summed E-state index contributed by atoms with van der Waals surface area (Å²) in [6.07, 6.45) is -0.639. The Bertz CT molecular complexity index is 531. The molecule has 1 fully saturated rings. The number of rotatable bonds is 3. The lowest BCUT2D eigenvalue weighted by Crippen LogP contribution is -2.34. The van der Waals surface area contributed by atoms with E-state index in [0.717, 1.165) is 11.3 Å². The lowest BCUT2D eigenvalue weighted by Gasteiger charge is -2.22. The summed E-state index contributed by atoms with van der Waals surface area (Å²) in [6, 6.07) is 7.47. The van der Waals surface area contributed by atoms with Gasteiger partial charge in [-0.2, -0.15) is 0 Å². The van der Waals surface area contributed by atoms with Gasteiger partial charge in [0.15, 0.2) is 0 Å². The summed E-state index contributed by atoms with van der Waals surface area (Å²) in [6.45, 7) is 1.40. The first-order valence-electron chi connectivity index (χ1n) is 6.16. The molecule has 2 heterocycles. The molecular weight excluding hydrogens is 248 g/mol. The fourth-order valence-electron chi connectivity index (χ4n) is 2.65. The quantitative estimate of drug-likeness (QED) is 0.841. The first-order chi connectivity index (χ1) is 9.15. The van der Waals surface area contributed by atoms with Gasteiger partial charge in [-0.1, -0.05) is 18.2 Å². The number of alkyl carbamates (subject to hydrolysis) is 1. The molecule has 0 aliphatic carbocycles. The minimum atomic E-state index is -0.823. The number of benzene rings is 1. The molecule has 2 unspecified atom stereocenters. The Hall–Kier alpha value is -2.24. The predicted octanol–water partition coefficient (Wildman–Crippen LogP) is 0.783. The predicted molar refractivity (Wildman–Crippen MR) is 67.3 cm³/mol. The van der Waals surface area contributed by atoms with Crippen LogP contribution in [-0.2, 0) is 9.53 Å². The second kappa shape index (κ2) is 4.46. The molecule has 6 heteroatoms. The van der Waals surface area contributed by atoms with Crippen LogP contribution in [0.5, 0.6) is 0 Å². The van der Waals surface area contributed by atoms with Gasteiger partial charge in [0, 0.05) is 12.2 Å². The van der Waals surface area contributed by atoms with Crippen LogP contribution in [0.1, 0.15) is 11.5 Å². The lowest BCUT2D eigenvalue weighted by molar-refractivity contribution is -0.138. The van der Waals surface area contributed by atoms with E-state index in [1.165, 1.54) is 0 Å². The summed E-state index contributed by atoms with van der Waals surface area (Å²) < 4.78 is 5.09. The molecule has 6 nitrogen and oxygen atoms in total. The van der Waals surface area contributed by atoms with Gasteiger partial charge >= 0.3 is 12.1 Å². The summed E-state index contributed by atoms with van der Waals surface area (Å²) in [5.74, 6) is -1.34. The molecule has 1 aromatic rings. The zero-order chi connectivity index (χ0) is 13.4. The maximum atomic E-state index is 11.3. The number of para-hydroxylation sites is 1. The SMILES string of the molecule is O=C1NCC(CN2CC(C(=O)O)c3ccccc32)O1. The third-order valence-corrected chi connectivity index (χ3v) is 3.53. The van der Waals surface area contributed by atoms with Crippen LogP contribution in [-0.4, -0.2) is 42.9 Å². The summed E-state index contributed by atoms with van der Waals surface area (Å²) in [5, 5.41) is 11.9. The number of carboxylic acid groups (broad SMARTS) is 1. The lowest BCUT2D eigenvalue weighted by atomic mass is 10.0. The normalized spacial score (nSPS) is 24.8. The first kappa shape index (κ1) is 11.8. The second-order valence-corrected chi connectivity index (χ2v) is 4.76. The molecule has 1 saturated heterocycles. The van der Waals surface area contributed by atoms with Crippen LogP contribution in [0.15, 0.2) is 24.3 Å². The number of hydrogen-bond donors (Lipinski definition) is 2. The van der Waals surface area contributed by atoms with Crippen molar-refractivity contribution in [2.45, 2.75) is 12.0 Å². The summed E-state index contributed by atoms with van der Waals surface area (Å²) in [5.41, 5.74) is 1.74. The highest BCUT2D eigenvalue weighted by Gasteiger charge is 2.35. The zero-order valence-electron chi connectivity index (χ0n) is 10.2. The fraction of sp³-hybridized carbons (Fsp3) is 0.385. The molecule has 0 radical (unpaired) electrons. The molecule has 1 aromatic carbocycles. The van der Waals surface area contributed by atoms with E-state index in [4.69, 9.17) is 4.74 Å².